The van der Waals surface area contributed by atoms with E-state index in [-0.39, 0.29) is 5.91 Å². The summed E-state index contributed by atoms with van der Waals surface area (Å²) in [5.41, 5.74) is 6.03. The zero-order valence-electron chi connectivity index (χ0n) is 18.5. The Morgan fingerprint density at radius 1 is 0.969 bits per heavy atom. The Labute approximate surface area is 188 Å². The van der Waals surface area contributed by atoms with Gasteiger partial charge >= 0.3 is 0 Å². The van der Waals surface area contributed by atoms with Crippen LogP contribution in [0.2, 0.25) is 0 Å². The first-order valence-electron chi connectivity index (χ1n) is 10.3. The molecule has 7 heteroatoms. The number of carbonyl (C=O) groups excluding carboxylic acids is 1. The van der Waals surface area contributed by atoms with Crippen LogP contribution in [-0.2, 0) is 0 Å². The normalized spacial score (nSPS) is 10.7. The van der Waals surface area contributed by atoms with Gasteiger partial charge in [0.25, 0.3) is 5.91 Å². The number of aromatic nitrogens is 1. The molecule has 2 aromatic carbocycles. The molecule has 0 unspecified atom stereocenters. The van der Waals surface area contributed by atoms with E-state index in [4.69, 9.17) is 14.2 Å². The molecule has 0 aliphatic heterocycles. The smallest absolute Gasteiger partial charge is 0.271 e. The van der Waals surface area contributed by atoms with Gasteiger partial charge in [-0.05, 0) is 66.9 Å². The highest BCUT2D eigenvalue weighted by molar-refractivity contribution is 5.94. The van der Waals surface area contributed by atoms with E-state index in [1.165, 1.54) is 5.56 Å². The molecule has 0 saturated heterocycles. The number of hydrogen-bond donors (Lipinski definition) is 1. The van der Waals surface area contributed by atoms with Crippen molar-refractivity contribution in [3.8, 4) is 17.2 Å². The number of pyridine rings is 1. The molecule has 0 bridgehead atoms. The summed E-state index contributed by atoms with van der Waals surface area (Å²) >= 11 is 0. The van der Waals surface area contributed by atoms with Gasteiger partial charge in [-0.15, -0.1) is 0 Å². The van der Waals surface area contributed by atoms with Crippen LogP contribution in [0.5, 0.6) is 17.2 Å². The van der Waals surface area contributed by atoms with Gasteiger partial charge in [-0.1, -0.05) is 12.1 Å². The zero-order chi connectivity index (χ0) is 22.8. The van der Waals surface area contributed by atoms with Crippen molar-refractivity contribution in [1.82, 2.24) is 10.4 Å². The minimum atomic E-state index is -0.307. The van der Waals surface area contributed by atoms with Crippen molar-refractivity contribution < 1.29 is 19.0 Å². The predicted octanol–water partition coefficient (Wildman–Crippen LogP) is 4.32. The fourth-order valence-electron chi connectivity index (χ4n) is 2.90. The molecule has 0 saturated carbocycles. The largest absolute Gasteiger partial charge is 0.493 e. The lowest BCUT2D eigenvalue weighted by atomic mass is 10.1. The highest BCUT2D eigenvalue weighted by Gasteiger charge is 2.07. The number of hydrogen-bond acceptors (Lipinski definition) is 6. The quantitative estimate of drug-likeness (QED) is 0.293. The number of amides is 1. The van der Waals surface area contributed by atoms with Gasteiger partial charge in [0, 0.05) is 24.4 Å². The zero-order valence-corrected chi connectivity index (χ0v) is 18.5. The predicted molar refractivity (Wildman–Crippen MR) is 124 cm³/mol. The first kappa shape index (κ1) is 22.8. The van der Waals surface area contributed by atoms with E-state index in [1.807, 2.05) is 32.0 Å². The maximum Gasteiger partial charge on any atom is 0.271 e. The highest BCUT2D eigenvalue weighted by atomic mass is 16.5. The summed E-state index contributed by atoms with van der Waals surface area (Å²) in [6.07, 6.45) is 5.39. The summed E-state index contributed by atoms with van der Waals surface area (Å²) in [5, 5.41) is 3.99. The van der Waals surface area contributed by atoms with Gasteiger partial charge in [0.05, 0.1) is 26.5 Å². The van der Waals surface area contributed by atoms with Gasteiger partial charge in [0.2, 0.25) is 0 Å². The average molecular weight is 434 g/mol. The molecular formula is C25H27N3O4. The van der Waals surface area contributed by atoms with Crippen molar-refractivity contribution in [3.63, 3.8) is 0 Å². The fourth-order valence-corrected chi connectivity index (χ4v) is 2.90. The number of methoxy groups -OCH3 is 1. The summed E-state index contributed by atoms with van der Waals surface area (Å²) < 4.78 is 17.1. The van der Waals surface area contributed by atoms with Crippen LogP contribution in [0, 0.1) is 13.8 Å². The molecular weight excluding hydrogens is 406 g/mol. The summed E-state index contributed by atoms with van der Waals surface area (Å²) in [7, 11) is 1.58. The molecule has 0 aliphatic carbocycles. The number of carbonyl (C=O) groups is 1. The second-order valence-corrected chi connectivity index (χ2v) is 7.16. The number of hydrazone groups is 1. The van der Waals surface area contributed by atoms with Crippen LogP contribution in [0.25, 0.3) is 0 Å². The Morgan fingerprint density at radius 3 is 2.47 bits per heavy atom. The minimum Gasteiger partial charge on any atom is -0.493 e. The van der Waals surface area contributed by atoms with E-state index in [0.717, 1.165) is 23.3 Å². The summed E-state index contributed by atoms with van der Waals surface area (Å²) in [6.45, 7) is 5.14. The van der Waals surface area contributed by atoms with Crippen LogP contribution in [0.4, 0.5) is 0 Å². The number of benzene rings is 2. The van der Waals surface area contributed by atoms with Gasteiger partial charge < -0.3 is 14.2 Å². The molecule has 1 N–H and O–H groups in total. The van der Waals surface area contributed by atoms with Crippen LogP contribution in [-0.4, -0.2) is 37.4 Å². The molecule has 3 aromatic rings. The third-order valence-electron chi connectivity index (χ3n) is 4.66. The number of rotatable bonds is 10. The fraction of sp³-hybridized carbons (Fsp3) is 0.240. The Morgan fingerprint density at radius 2 is 1.72 bits per heavy atom. The summed E-state index contributed by atoms with van der Waals surface area (Å²) in [6, 6.07) is 14.9. The number of nitrogens with one attached hydrogen (secondary N) is 1. The first-order chi connectivity index (χ1) is 15.6. The molecule has 1 aromatic heterocycles. The van der Waals surface area contributed by atoms with Crippen LogP contribution in [0.1, 0.15) is 33.5 Å². The second-order valence-electron chi connectivity index (χ2n) is 7.16. The molecule has 7 nitrogen and oxygen atoms in total. The lowest BCUT2D eigenvalue weighted by Crippen LogP contribution is -2.17. The lowest BCUT2D eigenvalue weighted by molar-refractivity contribution is 0.0955. The number of aryl methyl sites for hydroxylation is 2. The van der Waals surface area contributed by atoms with Crippen molar-refractivity contribution in [2.24, 2.45) is 5.10 Å². The van der Waals surface area contributed by atoms with Crippen molar-refractivity contribution in [3.05, 3.63) is 83.2 Å². The Balaban J connectivity index is 1.48. The molecule has 32 heavy (non-hydrogen) atoms. The maximum absolute atomic E-state index is 12.0. The number of nitrogens with zero attached hydrogens (tertiary/aromatic N) is 2. The number of ether oxygens (including phenoxy) is 3. The Bertz CT molecular complexity index is 1070. The van der Waals surface area contributed by atoms with E-state index in [0.29, 0.717) is 30.3 Å². The van der Waals surface area contributed by atoms with Crippen molar-refractivity contribution in [2.45, 2.75) is 20.3 Å². The molecule has 1 amide bonds. The van der Waals surface area contributed by atoms with E-state index in [2.05, 4.69) is 27.6 Å². The summed E-state index contributed by atoms with van der Waals surface area (Å²) in [4.78, 5) is 15.9. The van der Waals surface area contributed by atoms with Crippen molar-refractivity contribution >= 4 is 12.1 Å². The molecule has 3 rings (SSSR count). The van der Waals surface area contributed by atoms with Crippen molar-refractivity contribution in [2.75, 3.05) is 20.3 Å². The second kappa shape index (κ2) is 11.5. The van der Waals surface area contributed by atoms with Gasteiger partial charge in [0.15, 0.2) is 11.5 Å². The van der Waals surface area contributed by atoms with E-state index in [9.17, 15) is 4.79 Å². The SMILES string of the molecule is COc1cc(C=NNC(=O)c2ccncc2)ccc1OCCCOc1cc(C)ccc1C. The lowest BCUT2D eigenvalue weighted by Gasteiger charge is -2.12. The van der Waals surface area contributed by atoms with Crippen molar-refractivity contribution in [1.29, 1.82) is 0 Å². The van der Waals surface area contributed by atoms with E-state index >= 15 is 0 Å². The molecule has 1 heterocycles. The minimum absolute atomic E-state index is 0.307. The van der Waals surface area contributed by atoms with Gasteiger partial charge in [-0.3, -0.25) is 9.78 Å². The van der Waals surface area contributed by atoms with Crippen LogP contribution in [0.3, 0.4) is 0 Å². The molecule has 0 atom stereocenters. The molecule has 0 fully saturated rings. The molecule has 0 aliphatic rings. The van der Waals surface area contributed by atoms with E-state index < -0.39 is 0 Å². The van der Waals surface area contributed by atoms with Crippen LogP contribution >= 0.6 is 0 Å². The van der Waals surface area contributed by atoms with Gasteiger partial charge in [0.1, 0.15) is 5.75 Å². The monoisotopic (exact) mass is 433 g/mol. The molecule has 0 radical (unpaired) electrons. The molecule has 0 spiro atoms. The third kappa shape index (κ3) is 6.57. The Kier molecular flexibility index (Phi) is 8.20. The first-order valence-corrected chi connectivity index (χ1v) is 10.3. The maximum atomic E-state index is 12.0. The highest BCUT2D eigenvalue weighted by Crippen LogP contribution is 2.27. The summed E-state index contributed by atoms with van der Waals surface area (Å²) in [5.74, 6) is 1.82. The van der Waals surface area contributed by atoms with Gasteiger partial charge in [-0.25, -0.2) is 5.43 Å². The molecule has 166 valence electrons. The topological polar surface area (TPSA) is 82.0 Å². The van der Waals surface area contributed by atoms with E-state index in [1.54, 1.807) is 43.9 Å². The van der Waals surface area contributed by atoms with Crippen LogP contribution < -0.4 is 19.6 Å². The Hall–Kier alpha value is -3.87. The average Bonchev–Trinajstić information content (AvgIpc) is 2.82. The van der Waals surface area contributed by atoms with Crippen LogP contribution in [0.15, 0.2) is 66.0 Å². The third-order valence-corrected chi connectivity index (χ3v) is 4.66. The van der Waals surface area contributed by atoms with Gasteiger partial charge in [-0.2, -0.15) is 5.10 Å². The standard InChI is InChI=1S/C25H27N3O4/c1-18-5-6-19(2)23(15-18)32-14-4-13-31-22-8-7-20(16-24(22)30-3)17-27-28-25(29)21-9-11-26-12-10-21/h5-12,15-17H,4,13-14H2,1-3H3,(H,28,29).